The minimum atomic E-state index is -0.0145. The van der Waals surface area contributed by atoms with E-state index in [4.69, 9.17) is 10.5 Å². The van der Waals surface area contributed by atoms with E-state index in [1.54, 1.807) is 0 Å². The number of ether oxygens (including phenoxy) is 1. The molecule has 0 amide bonds. The highest BCUT2D eigenvalue weighted by Gasteiger charge is 2.30. The fourth-order valence-electron chi connectivity index (χ4n) is 1.98. The molecule has 0 saturated heterocycles. The van der Waals surface area contributed by atoms with Gasteiger partial charge in [0.2, 0.25) is 0 Å². The van der Waals surface area contributed by atoms with Crippen LogP contribution in [0.15, 0.2) is 0 Å². The maximum Gasteiger partial charge on any atom is 0.0735 e. The van der Waals surface area contributed by atoms with E-state index in [1.165, 1.54) is 6.42 Å². The number of hydrogen-bond acceptors (Lipinski definition) is 2. The lowest BCUT2D eigenvalue weighted by Gasteiger charge is -2.38. The summed E-state index contributed by atoms with van der Waals surface area (Å²) in [4.78, 5) is 0. The molecule has 0 radical (unpaired) electrons. The number of nitrogens with two attached hydrogens (primary N) is 1. The molecule has 2 nitrogen and oxygen atoms in total. The Morgan fingerprint density at radius 3 is 2.57 bits per heavy atom. The summed E-state index contributed by atoms with van der Waals surface area (Å²) in [6.07, 6.45) is 4.82. The molecule has 1 rings (SSSR count). The molecular formula is C12H25NO. The highest BCUT2D eigenvalue weighted by atomic mass is 16.5. The van der Waals surface area contributed by atoms with E-state index >= 15 is 0 Å². The van der Waals surface area contributed by atoms with E-state index in [0.717, 1.165) is 25.2 Å². The van der Waals surface area contributed by atoms with Crippen molar-refractivity contribution in [2.45, 2.75) is 71.1 Å². The lowest BCUT2D eigenvalue weighted by atomic mass is 9.85. The molecule has 0 aromatic heterocycles. The van der Waals surface area contributed by atoms with Crippen molar-refractivity contribution in [3.63, 3.8) is 0 Å². The largest absolute Gasteiger partial charge is 0.371 e. The molecule has 0 aliphatic heterocycles. The van der Waals surface area contributed by atoms with Crippen molar-refractivity contribution < 1.29 is 4.74 Å². The van der Waals surface area contributed by atoms with Crippen molar-refractivity contribution in [1.29, 1.82) is 0 Å². The summed E-state index contributed by atoms with van der Waals surface area (Å²) in [5.74, 6) is 0.771. The Bertz CT molecular complexity index is 179. The van der Waals surface area contributed by atoms with Crippen LogP contribution in [0.1, 0.15) is 53.4 Å². The first-order chi connectivity index (χ1) is 6.44. The molecule has 84 valence electrons. The first kappa shape index (κ1) is 12.0. The molecule has 3 unspecified atom stereocenters. The third-order valence-electron chi connectivity index (χ3n) is 3.43. The molecule has 0 heterocycles. The zero-order valence-corrected chi connectivity index (χ0v) is 10.0. The van der Waals surface area contributed by atoms with Gasteiger partial charge in [-0.25, -0.2) is 0 Å². The highest BCUT2D eigenvalue weighted by molar-refractivity contribution is 4.84. The van der Waals surface area contributed by atoms with Crippen molar-refractivity contribution in [3.05, 3.63) is 0 Å². The fraction of sp³-hybridized carbons (Fsp3) is 1.00. The Balaban J connectivity index is 2.49. The van der Waals surface area contributed by atoms with Gasteiger partial charge in [0.05, 0.1) is 11.7 Å². The lowest BCUT2D eigenvalue weighted by molar-refractivity contribution is -0.0997. The lowest BCUT2D eigenvalue weighted by Crippen LogP contribution is -2.45. The minimum Gasteiger partial charge on any atom is -0.371 e. The van der Waals surface area contributed by atoms with Crippen LogP contribution >= 0.6 is 0 Å². The molecular weight excluding hydrogens is 174 g/mol. The van der Waals surface area contributed by atoms with Gasteiger partial charge >= 0.3 is 0 Å². The van der Waals surface area contributed by atoms with Gasteiger partial charge in [-0.05, 0) is 45.4 Å². The summed E-state index contributed by atoms with van der Waals surface area (Å²) in [5.41, 5.74) is 6.06. The van der Waals surface area contributed by atoms with Gasteiger partial charge in [0, 0.05) is 6.04 Å². The van der Waals surface area contributed by atoms with Crippen LogP contribution in [-0.4, -0.2) is 17.7 Å². The fourth-order valence-corrected chi connectivity index (χ4v) is 1.98. The predicted molar refractivity (Wildman–Crippen MR) is 60.2 cm³/mol. The third-order valence-corrected chi connectivity index (χ3v) is 3.43. The Kier molecular flexibility index (Phi) is 3.96. The van der Waals surface area contributed by atoms with Crippen molar-refractivity contribution in [1.82, 2.24) is 0 Å². The molecule has 14 heavy (non-hydrogen) atoms. The van der Waals surface area contributed by atoms with Crippen LogP contribution in [0, 0.1) is 5.92 Å². The van der Waals surface area contributed by atoms with Crippen molar-refractivity contribution in [3.8, 4) is 0 Å². The van der Waals surface area contributed by atoms with Gasteiger partial charge in [-0.1, -0.05) is 13.8 Å². The SMILES string of the molecule is CCC(C)(C)OC1CC(C)CCC1N. The molecule has 2 N–H and O–H groups in total. The summed E-state index contributed by atoms with van der Waals surface area (Å²) >= 11 is 0. The summed E-state index contributed by atoms with van der Waals surface area (Å²) < 4.78 is 6.09. The van der Waals surface area contributed by atoms with Crippen molar-refractivity contribution >= 4 is 0 Å². The maximum absolute atomic E-state index is 6.09. The Hall–Kier alpha value is -0.0800. The second-order valence-electron chi connectivity index (χ2n) is 5.35. The van der Waals surface area contributed by atoms with Crippen LogP contribution in [0.4, 0.5) is 0 Å². The molecule has 1 saturated carbocycles. The third kappa shape index (κ3) is 3.25. The zero-order valence-electron chi connectivity index (χ0n) is 10.0. The van der Waals surface area contributed by atoms with Crippen LogP contribution in [0.3, 0.4) is 0 Å². The highest BCUT2D eigenvalue weighted by Crippen LogP contribution is 2.29. The molecule has 1 aliphatic rings. The van der Waals surface area contributed by atoms with Crippen LogP contribution in [0.5, 0.6) is 0 Å². The smallest absolute Gasteiger partial charge is 0.0735 e. The average molecular weight is 199 g/mol. The molecule has 1 fully saturated rings. The van der Waals surface area contributed by atoms with E-state index in [-0.39, 0.29) is 17.7 Å². The van der Waals surface area contributed by atoms with Crippen LogP contribution < -0.4 is 5.73 Å². The second-order valence-corrected chi connectivity index (χ2v) is 5.35. The quantitative estimate of drug-likeness (QED) is 0.758. The van der Waals surface area contributed by atoms with E-state index in [9.17, 15) is 0 Å². The maximum atomic E-state index is 6.09. The molecule has 0 spiro atoms. The number of hydrogen-bond donors (Lipinski definition) is 1. The predicted octanol–water partition coefficient (Wildman–Crippen LogP) is 2.71. The first-order valence-electron chi connectivity index (χ1n) is 5.88. The summed E-state index contributed by atoms with van der Waals surface area (Å²) in [6, 6.07) is 0.247. The Labute approximate surface area is 88.2 Å². The summed E-state index contributed by atoms with van der Waals surface area (Å²) in [6.45, 7) is 8.76. The molecule has 0 aromatic carbocycles. The van der Waals surface area contributed by atoms with E-state index < -0.39 is 0 Å². The van der Waals surface area contributed by atoms with Gasteiger partial charge in [-0.15, -0.1) is 0 Å². The molecule has 2 heteroatoms. The molecule has 0 bridgehead atoms. The van der Waals surface area contributed by atoms with Crippen LogP contribution in [-0.2, 0) is 4.74 Å². The van der Waals surface area contributed by atoms with E-state index in [2.05, 4.69) is 27.7 Å². The van der Waals surface area contributed by atoms with Gasteiger partial charge in [0.1, 0.15) is 0 Å². The standard InChI is InChI=1S/C12H25NO/c1-5-12(3,4)14-11-8-9(2)6-7-10(11)13/h9-11H,5-8,13H2,1-4H3. The summed E-state index contributed by atoms with van der Waals surface area (Å²) in [5, 5.41) is 0. The van der Waals surface area contributed by atoms with Crippen molar-refractivity contribution in [2.24, 2.45) is 11.7 Å². The van der Waals surface area contributed by atoms with E-state index in [0.29, 0.717) is 0 Å². The zero-order chi connectivity index (χ0) is 10.8. The first-order valence-corrected chi connectivity index (χ1v) is 5.88. The van der Waals surface area contributed by atoms with Gasteiger partial charge in [-0.2, -0.15) is 0 Å². The molecule has 0 aromatic rings. The Morgan fingerprint density at radius 2 is 2.00 bits per heavy atom. The monoisotopic (exact) mass is 199 g/mol. The molecule has 3 atom stereocenters. The second kappa shape index (κ2) is 4.63. The van der Waals surface area contributed by atoms with Crippen LogP contribution in [0.2, 0.25) is 0 Å². The van der Waals surface area contributed by atoms with Gasteiger partial charge < -0.3 is 10.5 Å². The topological polar surface area (TPSA) is 35.2 Å². The summed E-state index contributed by atoms with van der Waals surface area (Å²) in [7, 11) is 0. The Morgan fingerprint density at radius 1 is 1.36 bits per heavy atom. The van der Waals surface area contributed by atoms with E-state index in [1.807, 2.05) is 0 Å². The number of rotatable bonds is 3. The minimum absolute atomic E-state index is 0.0145. The van der Waals surface area contributed by atoms with Gasteiger partial charge in [-0.3, -0.25) is 0 Å². The van der Waals surface area contributed by atoms with Gasteiger partial charge in [0.25, 0.3) is 0 Å². The molecule has 1 aliphatic carbocycles. The average Bonchev–Trinajstić information content (AvgIpc) is 2.11. The van der Waals surface area contributed by atoms with Crippen molar-refractivity contribution in [2.75, 3.05) is 0 Å². The van der Waals surface area contributed by atoms with Crippen LogP contribution in [0.25, 0.3) is 0 Å². The normalized spacial score (nSPS) is 34.5. The van der Waals surface area contributed by atoms with Gasteiger partial charge in [0.15, 0.2) is 0 Å².